The Bertz CT molecular complexity index is 245. The van der Waals surface area contributed by atoms with Gasteiger partial charge < -0.3 is 10.1 Å². The van der Waals surface area contributed by atoms with Crippen LogP contribution in [-0.2, 0) is 4.74 Å². The second-order valence-corrected chi connectivity index (χ2v) is 5.65. The fourth-order valence-electron chi connectivity index (χ4n) is 1.94. The average Bonchev–Trinajstić information content (AvgIpc) is 2.25. The second-order valence-electron chi connectivity index (χ2n) is 5.65. The maximum Gasteiger partial charge on any atom is 0.422 e. The number of hydrogen-bond donors (Lipinski definition) is 3. The first-order chi connectivity index (χ1) is 7.88. The number of nitrogens with one attached hydrogen (secondary N) is 3. The van der Waals surface area contributed by atoms with Crippen molar-refractivity contribution in [2.45, 2.75) is 52.2 Å². The molecule has 0 aromatic heterocycles. The molecule has 1 aliphatic heterocycles. The van der Waals surface area contributed by atoms with E-state index in [0.29, 0.717) is 5.92 Å². The van der Waals surface area contributed by atoms with Gasteiger partial charge in [-0.05, 0) is 59.5 Å². The fraction of sp³-hybridized carbons (Fsp3) is 0.917. The lowest BCUT2D eigenvalue weighted by Gasteiger charge is -2.29. The largest absolute Gasteiger partial charge is 0.443 e. The third-order valence-electron chi connectivity index (χ3n) is 2.89. The summed E-state index contributed by atoms with van der Waals surface area (Å²) in [5, 5.41) is 3.33. The summed E-state index contributed by atoms with van der Waals surface area (Å²) in [7, 11) is 0. The van der Waals surface area contributed by atoms with E-state index in [2.05, 4.69) is 23.1 Å². The number of hydrogen-bond acceptors (Lipinski definition) is 4. The molecule has 100 valence electrons. The van der Waals surface area contributed by atoms with E-state index in [1.807, 2.05) is 20.8 Å². The lowest BCUT2D eigenvalue weighted by molar-refractivity contribution is 0.0479. The summed E-state index contributed by atoms with van der Waals surface area (Å²) in [6.07, 6.45) is 1.87. The van der Waals surface area contributed by atoms with Gasteiger partial charge in [-0.3, -0.25) is 5.43 Å². The fourth-order valence-corrected chi connectivity index (χ4v) is 1.94. The molecule has 0 aromatic rings. The summed E-state index contributed by atoms with van der Waals surface area (Å²) in [4.78, 5) is 11.4. The van der Waals surface area contributed by atoms with Gasteiger partial charge in [0.1, 0.15) is 5.60 Å². The van der Waals surface area contributed by atoms with Gasteiger partial charge in [-0.15, -0.1) is 0 Å². The number of carbonyl (C=O) groups is 1. The molecule has 1 atom stereocenters. The molecule has 1 amide bonds. The van der Waals surface area contributed by atoms with Crippen LogP contribution in [0.25, 0.3) is 0 Å². The van der Waals surface area contributed by atoms with Gasteiger partial charge in [0.05, 0.1) is 0 Å². The Labute approximate surface area is 104 Å². The quantitative estimate of drug-likeness (QED) is 0.656. The number of carbonyl (C=O) groups excluding carboxylic acids is 1. The molecule has 1 aliphatic rings. The Hall–Kier alpha value is -0.810. The molecule has 0 saturated carbocycles. The summed E-state index contributed by atoms with van der Waals surface area (Å²) in [5.41, 5.74) is 5.17. The van der Waals surface area contributed by atoms with Gasteiger partial charge in [0, 0.05) is 6.04 Å². The minimum atomic E-state index is -0.455. The molecular weight excluding hydrogens is 218 g/mol. The van der Waals surface area contributed by atoms with Crippen molar-refractivity contribution in [1.82, 2.24) is 16.2 Å². The van der Waals surface area contributed by atoms with E-state index in [1.54, 1.807) is 0 Å². The molecule has 0 spiro atoms. The van der Waals surface area contributed by atoms with Gasteiger partial charge in [-0.2, -0.15) is 0 Å². The number of rotatable bonds is 3. The van der Waals surface area contributed by atoms with Crippen LogP contribution in [0.1, 0.15) is 40.5 Å². The van der Waals surface area contributed by atoms with E-state index in [4.69, 9.17) is 4.74 Å². The maximum atomic E-state index is 11.4. The zero-order chi connectivity index (χ0) is 12.9. The molecule has 1 saturated heterocycles. The number of piperidine rings is 1. The summed E-state index contributed by atoms with van der Waals surface area (Å²) < 4.78 is 5.15. The third-order valence-corrected chi connectivity index (χ3v) is 2.89. The van der Waals surface area contributed by atoms with E-state index in [0.717, 1.165) is 25.9 Å². The molecule has 1 fully saturated rings. The minimum absolute atomic E-state index is 0.268. The highest BCUT2D eigenvalue weighted by atomic mass is 16.6. The minimum Gasteiger partial charge on any atom is -0.443 e. The molecule has 0 aromatic carbocycles. The van der Waals surface area contributed by atoms with Crippen LogP contribution in [0.3, 0.4) is 0 Å². The second kappa shape index (κ2) is 6.21. The molecule has 3 N–H and O–H groups in total. The first-order valence-corrected chi connectivity index (χ1v) is 6.34. The smallest absolute Gasteiger partial charge is 0.422 e. The summed E-state index contributed by atoms with van der Waals surface area (Å²) in [5.74, 6) is 0.603. The van der Waals surface area contributed by atoms with Crippen molar-refractivity contribution in [2.24, 2.45) is 5.92 Å². The molecule has 1 heterocycles. The molecule has 0 radical (unpaired) electrons. The molecule has 5 heteroatoms. The van der Waals surface area contributed by atoms with Crippen molar-refractivity contribution in [3.05, 3.63) is 0 Å². The van der Waals surface area contributed by atoms with Crippen molar-refractivity contribution < 1.29 is 9.53 Å². The molecular formula is C12H25N3O2. The van der Waals surface area contributed by atoms with Crippen molar-refractivity contribution in [3.8, 4) is 0 Å². The van der Waals surface area contributed by atoms with Gasteiger partial charge in [0.25, 0.3) is 0 Å². The van der Waals surface area contributed by atoms with E-state index in [9.17, 15) is 4.79 Å². The SMILES string of the molecule is CC(NNC(=O)OC(C)(C)C)C1CCNCC1. The van der Waals surface area contributed by atoms with Gasteiger partial charge in [-0.1, -0.05) is 0 Å². The third kappa shape index (κ3) is 5.89. The Morgan fingerprint density at radius 1 is 1.35 bits per heavy atom. The van der Waals surface area contributed by atoms with Crippen molar-refractivity contribution in [3.63, 3.8) is 0 Å². The number of amides is 1. The summed E-state index contributed by atoms with van der Waals surface area (Å²) in [6.45, 7) is 9.76. The molecule has 17 heavy (non-hydrogen) atoms. The van der Waals surface area contributed by atoms with E-state index >= 15 is 0 Å². The maximum absolute atomic E-state index is 11.4. The lowest BCUT2D eigenvalue weighted by atomic mass is 9.92. The predicted octanol–water partition coefficient (Wildman–Crippen LogP) is 1.40. The topological polar surface area (TPSA) is 62.4 Å². The first kappa shape index (κ1) is 14.3. The average molecular weight is 243 g/mol. The number of ether oxygens (including phenoxy) is 1. The van der Waals surface area contributed by atoms with Gasteiger partial charge >= 0.3 is 6.09 Å². The van der Waals surface area contributed by atoms with Crippen molar-refractivity contribution in [1.29, 1.82) is 0 Å². The van der Waals surface area contributed by atoms with Crippen LogP contribution in [0.2, 0.25) is 0 Å². The van der Waals surface area contributed by atoms with Crippen molar-refractivity contribution in [2.75, 3.05) is 13.1 Å². The van der Waals surface area contributed by atoms with Gasteiger partial charge in [-0.25, -0.2) is 10.2 Å². The predicted molar refractivity (Wildman–Crippen MR) is 67.6 cm³/mol. The van der Waals surface area contributed by atoms with Gasteiger partial charge in [0.15, 0.2) is 0 Å². The normalized spacial score (nSPS) is 19.8. The first-order valence-electron chi connectivity index (χ1n) is 6.34. The molecule has 0 bridgehead atoms. The Balaban J connectivity index is 2.22. The Morgan fingerprint density at radius 2 is 1.94 bits per heavy atom. The highest BCUT2D eigenvalue weighted by Crippen LogP contribution is 2.15. The molecule has 1 rings (SSSR count). The van der Waals surface area contributed by atoms with Crippen LogP contribution >= 0.6 is 0 Å². The number of hydrazine groups is 1. The summed E-state index contributed by atoms with van der Waals surface area (Å²) in [6, 6.07) is 0.268. The van der Waals surface area contributed by atoms with Crippen LogP contribution in [0.4, 0.5) is 4.79 Å². The zero-order valence-electron chi connectivity index (χ0n) is 11.3. The molecule has 5 nitrogen and oxygen atoms in total. The standard InChI is InChI=1S/C12H25N3O2/c1-9(10-5-7-13-8-6-10)14-15-11(16)17-12(2,3)4/h9-10,13-14H,5-8H2,1-4H3,(H,15,16). The summed E-state index contributed by atoms with van der Waals surface area (Å²) >= 11 is 0. The van der Waals surface area contributed by atoms with Gasteiger partial charge in [0.2, 0.25) is 0 Å². The van der Waals surface area contributed by atoms with E-state index in [1.165, 1.54) is 0 Å². The van der Waals surface area contributed by atoms with Crippen LogP contribution in [0.5, 0.6) is 0 Å². The molecule has 1 unspecified atom stereocenters. The van der Waals surface area contributed by atoms with Crippen molar-refractivity contribution >= 4 is 6.09 Å². The highest BCUT2D eigenvalue weighted by Gasteiger charge is 2.21. The van der Waals surface area contributed by atoms with Crippen LogP contribution in [0, 0.1) is 5.92 Å². The Kier molecular flexibility index (Phi) is 5.21. The highest BCUT2D eigenvalue weighted by molar-refractivity contribution is 5.67. The van der Waals surface area contributed by atoms with E-state index < -0.39 is 11.7 Å². The Morgan fingerprint density at radius 3 is 2.47 bits per heavy atom. The van der Waals surface area contributed by atoms with Crippen LogP contribution < -0.4 is 16.2 Å². The van der Waals surface area contributed by atoms with E-state index in [-0.39, 0.29) is 6.04 Å². The monoisotopic (exact) mass is 243 g/mol. The zero-order valence-corrected chi connectivity index (χ0v) is 11.3. The van der Waals surface area contributed by atoms with Crippen LogP contribution in [-0.4, -0.2) is 30.8 Å². The van der Waals surface area contributed by atoms with Crippen LogP contribution in [0.15, 0.2) is 0 Å². The molecule has 0 aliphatic carbocycles. The lowest BCUT2D eigenvalue weighted by Crippen LogP contribution is -2.49.